The molecule has 0 saturated heterocycles. The van der Waals surface area contributed by atoms with E-state index in [0.717, 1.165) is 25.7 Å². The van der Waals surface area contributed by atoms with Crippen molar-refractivity contribution in [3.05, 3.63) is 0 Å². The number of hydrogen-bond donors (Lipinski definition) is 0. The molecule has 0 N–H and O–H groups in total. The summed E-state index contributed by atoms with van der Waals surface area (Å²) in [6, 6.07) is 0. The molecule has 0 heterocycles. The van der Waals surface area contributed by atoms with E-state index in [-0.39, 0.29) is 0 Å². The molecule has 25 heavy (non-hydrogen) atoms. The van der Waals surface area contributed by atoms with Crippen molar-refractivity contribution in [1.82, 2.24) is 0 Å². The fourth-order valence-corrected chi connectivity index (χ4v) is 3.57. The standard InChI is InChI=1S/C24H48O/c1-3-5-7-9-10-11-12-13-14-15-16-17-18-19-21-23-24(25)22-20-8-6-4-2/h3-23H2,1-2H3. The maximum atomic E-state index is 11.7. The van der Waals surface area contributed by atoms with Gasteiger partial charge in [-0.25, -0.2) is 0 Å². The van der Waals surface area contributed by atoms with Gasteiger partial charge in [-0.1, -0.05) is 123 Å². The van der Waals surface area contributed by atoms with Crippen LogP contribution in [0.3, 0.4) is 0 Å². The first-order valence-electron chi connectivity index (χ1n) is 11.8. The van der Waals surface area contributed by atoms with Crippen molar-refractivity contribution in [3.8, 4) is 0 Å². The van der Waals surface area contributed by atoms with Crippen LogP contribution in [0.2, 0.25) is 0 Å². The molecular formula is C24H48O. The van der Waals surface area contributed by atoms with Gasteiger partial charge in [-0.05, 0) is 12.8 Å². The molecule has 0 unspecified atom stereocenters. The quantitative estimate of drug-likeness (QED) is 0.189. The Kier molecular flexibility index (Phi) is 21.4. The molecular weight excluding hydrogens is 304 g/mol. The number of hydrogen-bond acceptors (Lipinski definition) is 1. The molecule has 0 amide bonds. The van der Waals surface area contributed by atoms with Crippen molar-refractivity contribution in [2.45, 2.75) is 149 Å². The van der Waals surface area contributed by atoms with Gasteiger partial charge in [-0.3, -0.25) is 4.79 Å². The number of unbranched alkanes of at least 4 members (excludes halogenated alkanes) is 17. The number of rotatable bonds is 21. The van der Waals surface area contributed by atoms with E-state index in [4.69, 9.17) is 0 Å². The second-order valence-corrected chi connectivity index (χ2v) is 8.05. The number of carbonyl (C=O) groups excluding carboxylic acids is 1. The maximum Gasteiger partial charge on any atom is 0.132 e. The Morgan fingerprint density at radius 3 is 0.960 bits per heavy atom. The van der Waals surface area contributed by atoms with Gasteiger partial charge in [-0.2, -0.15) is 0 Å². The third-order valence-corrected chi connectivity index (χ3v) is 5.37. The van der Waals surface area contributed by atoms with Crippen LogP contribution < -0.4 is 0 Å². The van der Waals surface area contributed by atoms with E-state index in [1.165, 1.54) is 109 Å². The normalized spacial score (nSPS) is 11.1. The number of ketones is 1. The molecule has 150 valence electrons. The van der Waals surface area contributed by atoms with Gasteiger partial charge in [0.2, 0.25) is 0 Å². The van der Waals surface area contributed by atoms with Gasteiger partial charge >= 0.3 is 0 Å². The summed E-state index contributed by atoms with van der Waals surface area (Å²) in [6.07, 6.45) is 27.4. The monoisotopic (exact) mass is 352 g/mol. The minimum absolute atomic E-state index is 0.505. The molecule has 0 aliphatic rings. The molecule has 0 spiro atoms. The topological polar surface area (TPSA) is 17.1 Å². The van der Waals surface area contributed by atoms with Crippen molar-refractivity contribution in [3.63, 3.8) is 0 Å². The second-order valence-electron chi connectivity index (χ2n) is 8.05. The zero-order valence-corrected chi connectivity index (χ0v) is 17.8. The van der Waals surface area contributed by atoms with Crippen LogP contribution in [0.5, 0.6) is 0 Å². The van der Waals surface area contributed by atoms with Crippen LogP contribution in [0.25, 0.3) is 0 Å². The predicted molar refractivity (Wildman–Crippen MR) is 113 cm³/mol. The van der Waals surface area contributed by atoms with E-state index in [9.17, 15) is 4.79 Å². The van der Waals surface area contributed by atoms with Crippen LogP contribution in [0.15, 0.2) is 0 Å². The van der Waals surface area contributed by atoms with E-state index < -0.39 is 0 Å². The van der Waals surface area contributed by atoms with Gasteiger partial charge in [0.05, 0.1) is 0 Å². The molecule has 0 aliphatic carbocycles. The fourth-order valence-electron chi connectivity index (χ4n) is 3.57. The lowest BCUT2D eigenvalue weighted by Crippen LogP contribution is -1.97. The molecule has 0 atom stereocenters. The molecule has 0 radical (unpaired) electrons. The maximum absolute atomic E-state index is 11.7. The molecule has 0 aromatic heterocycles. The van der Waals surface area contributed by atoms with E-state index in [2.05, 4.69) is 13.8 Å². The molecule has 0 saturated carbocycles. The first-order valence-corrected chi connectivity index (χ1v) is 11.8. The molecule has 1 heteroatoms. The Hall–Kier alpha value is -0.330. The smallest absolute Gasteiger partial charge is 0.132 e. The highest BCUT2D eigenvalue weighted by Gasteiger charge is 2.01. The molecule has 0 aromatic carbocycles. The number of Topliss-reactive ketones (excluding diaryl/α,β-unsaturated/α-hetero) is 1. The summed E-state index contributed by atoms with van der Waals surface area (Å²) in [5.41, 5.74) is 0. The Labute approximate surface area is 159 Å². The summed E-state index contributed by atoms with van der Waals surface area (Å²) in [7, 11) is 0. The second kappa shape index (κ2) is 21.7. The summed E-state index contributed by atoms with van der Waals surface area (Å²) in [6.45, 7) is 4.51. The fraction of sp³-hybridized carbons (Fsp3) is 0.958. The van der Waals surface area contributed by atoms with Crippen LogP contribution in [0.4, 0.5) is 0 Å². The zero-order valence-electron chi connectivity index (χ0n) is 17.8. The lowest BCUT2D eigenvalue weighted by Gasteiger charge is -2.04. The minimum atomic E-state index is 0.505. The summed E-state index contributed by atoms with van der Waals surface area (Å²) < 4.78 is 0. The van der Waals surface area contributed by atoms with Gasteiger partial charge in [0.15, 0.2) is 0 Å². The summed E-state index contributed by atoms with van der Waals surface area (Å²) in [4.78, 5) is 11.7. The third-order valence-electron chi connectivity index (χ3n) is 5.37. The highest BCUT2D eigenvalue weighted by molar-refractivity contribution is 5.78. The molecule has 0 fully saturated rings. The highest BCUT2D eigenvalue weighted by Crippen LogP contribution is 2.14. The first-order chi connectivity index (χ1) is 12.3. The Morgan fingerprint density at radius 2 is 0.640 bits per heavy atom. The van der Waals surface area contributed by atoms with E-state index in [0.29, 0.717) is 5.78 Å². The Bertz CT molecular complexity index is 259. The van der Waals surface area contributed by atoms with Crippen LogP contribution in [-0.4, -0.2) is 5.78 Å². The first kappa shape index (κ1) is 24.7. The van der Waals surface area contributed by atoms with Gasteiger partial charge in [0.25, 0.3) is 0 Å². The van der Waals surface area contributed by atoms with Crippen LogP contribution in [-0.2, 0) is 4.79 Å². The lowest BCUT2D eigenvalue weighted by molar-refractivity contribution is -0.119. The van der Waals surface area contributed by atoms with Crippen LogP contribution in [0.1, 0.15) is 149 Å². The molecule has 0 aliphatic heterocycles. The van der Waals surface area contributed by atoms with Crippen molar-refractivity contribution in [2.75, 3.05) is 0 Å². The van der Waals surface area contributed by atoms with Crippen molar-refractivity contribution in [1.29, 1.82) is 0 Å². The molecule has 1 nitrogen and oxygen atoms in total. The van der Waals surface area contributed by atoms with Gasteiger partial charge in [0, 0.05) is 12.8 Å². The van der Waals surface area contributed by atoms with Crippen molar-refractivity contribution in [2.24, 2.45) is 0 Å². The third kappa shape index (κ3) is 21.6. The van der Waals surface area contributed by atoms with Crippen LogP contribution in [0, 0.1) is 0 Å². The zero-order chi connectivity index (χ0) is 18.4. The van der Waals surface area contributed by atoms with E-state index in [1.807, 2.05) is 0 Å². The summed E-state index contributed by atoms with van der Waals surface area (Å²) in [5.74, 6) is 0.505. The highest BCUT2D eigenvalue weighted by atomic mass is 16.1. The van der Waals surface area contributed by atoms with Crippen molar-refractivity contribution >= 4 is 5.78 Å². The SMILES string of the molecule is CCCCCCCCCCCCCCCCCC(=O)CCCCCC. The van der Waals surface area contributed by atoms with E-state index in [1.54, 1.807) is 0 Å². The number of carbonyl (C=O) groups is 1. The largest absolute Gasteiger partial charge is 0.300 e. The molecule has 0 aromatic rings. The lowest BCUT2D eigenvalue weighted by atomic mass is 10.0. The van der Waals surface area contributed by atoms with Gasteiger partial charge in [-0.15, -0.1) is 0 Å². The van der Waals surface area contributed by atoms with Gasteiger partial charge in [0.1, 0.15) is 5.78 Å². The van der Waals surface area contributed by atoms with Crippen LogP contribution >= 0.6 is 0 Å². The predicted octanol–water partition coefficient (Wildman–Crippen LogP) is 8.79. The Balaban J connectivity index is 3.08. The average molecular weight is 353 g/mol. The van der Waals surface area contributed by atoms with E-state index >= 15 is 0 Å². The average Bonchev–Trinajstić information content (AvgIpc) is 2.62. The summed E-state index contributed by atoms with van der Waals surface area (Å²) in [5, 5.41) is 0. The minimum Gasteiger partial charge on any atom is -0.300 e. The van der Waals surface area contributed by atoms with Gasteiger partial charge < -0.3 is 0 Å². The molecule has 0 rings (SSSR count). The van der Waals surface area contributed by atoms with Crippen molar-refractivity contribution < 1.29 is 4.79 Å². The summed E-state index contributed by atoms with van der Waals surface area (Å²) >= 11 is 0. The Morgan fingerprint density at radius 1 is 0.400 bits per heavy atom. The molecule has 0 bridgehead atoms.